The fraction of sp³-hybridized carbons (Fsp3) is 0.263. The van der Waals surface area contributed by atoms with Crippen molar-refractivity contribution in [1.29, 1.82) is 0 Å². The number of fused-ring (bicyclic) bond motifs is 1. The van der Waals surface area contributed by atoms with Crippen LogP contribution in [0.1, 0.15) is 22.3 Å². The maximum atomic E-state index is 12.5. The molecule has 26 heavy (non-hydrogen) atoms. The Balaban J connectivity index is 1.67. The predicted molar refractivity (Wildman–Crippen MR) is 92.5 cm³/mol. The van der Waals surface area contributed by atoms with E-state index in [0.717, 1.165) is 24.1 Å². The number of carbonyl (C=O) groups is 2. The highest BCUT2D eigenvalue weighted by Crippen LogP contribution is 2.26. The first-order valence-electron chi connectivity index (χ1n) is 8.26. The van der Waals surface area contributed by atoms with E-state index in [1.165, 1.54) is 24.3 Å². The van der Waals surface area contributed by atoms with Gasteiger partial charge in [-0.05, 0) is 36.6 Å². The van der Waals surface area contributed by atoms with Crippen molar-refractivity contribution >= 4 is 17.5 Å². The van der Waals surface area contributed by atoms with Gasteiger partial charge in [0, 0.05) is 12.2 Å². The van der Waals surface area contributed by atoms with Gasteiger partial charge in [0.2, 0.25) is 5.91 Å². The molecular formula is C19H18F2N2O3. The molecule has 1 heterocycles. The fourth-order valence-electron chi connectivity index (χ4n) is 2.99. The number of rotatable bonds is 5. The van der Waals surface area contributed by atoms with E-state index in [0.29, 0.717) is 6.54 Å². The predicted octanol–water partition coefficient (Wildman–Crippen LogP) is 3.00. The Morgan fingerprint density at radius 2 is 1.85 bits per heavy atom. The lowest BCUT2D eigenvalue weighted by molar-refractivity contribution is -0.117. The largest absolute Gasteiger partial charge is 0.434 e. The lowest BCUT2D eigenvalue weighted by Gasteiger charge is -2.29. The molecule has 0 spiro atoms. The highest BCUT2D eigenvalue weighted by atomic mass is 19.3. The molecule has 3 rings (SSSR count). The molecule has 2 amide bonds. The summed E-state index contributed by atoms with van der Waals surface area (Å²) >= 11 is 0. The van der Waals surface area contributed by atoms with Crippen LogP contribution in [0.15, 0.2) is 48.5 Å². The van der Waals surface area contributed by atoms with E-state index in [-0.39, 0.29) is 23.8 Å². The van der Waals surface area contributed by atoms with E-state index in [1.807, 2.05) is 24.3 Å². The molecule has 1 aliphatic heterocycles. The Kier molecular flexibility index (Phi) is 5.46. The number of nitrogens with one attached hydrogen (secondary N) is 1. The molecule has 0 saturated carbocycles. The van der Waals surface area contributed by atoms with E-state index >= 15 is 0 Å². The molecule has 7 heteroatoms. The van der Waals surface area contributed by atoms with Crippen LogP contribution in [-0.4, -0.2) is 31.5 Å². The van der Waals surface area contributed by atoms with Gasteiger partial charge in [0.05, 0.1) is 12.1 Å². The summed E-state index contributed by atoms with van der Waals surface area (Å²) in [5.74, 6) is -1.12. The van der Waals surface area contributed by atoms with E-state index < -0.39 is 12.5 Å². The molecular weight excluding hydrogens is 342 g/mol. The maximum absolute atomic E-state index is 12.5. The number of hydrogen-bond acceptors (Lipinski definition) is 3. The summed E-state index contributed by atoms with van der Waals surface area (Å²) in [7, 11) is 0. The molecule has 1 aliphatic rings. The Morgan fingerprint density at radius 3 is 2.65 bits per heavy atom. The van der Waals surface area contributed by atoms with Crippen LogP contribution >= 0.6 is 0 Å². The number of amides is 2. The van der Waals surface area contributed by atoms with E-state index in [9.17, 15) is 18.4 Å². The Morgan fingerprint density at radius 1 is 1.12 bits per heavy atom. The number of benzene rings is 2. The average molecular weight is 360 g/mol. The minimum absolute atomic E-state index is 0.0420. The van der Waals surface area contributed by atoms with Gasteiger partial charge >= 0.3 is 6.61 Å². The molecule has 0 aromatic heterocycles. The minimum atomic E-state index is -3.03. The Labute approximate surface area is 149 Å². The first-order chi connectivity index (χ1) is 12.6. The van der Waals surface area contributed by atoms with Crippen molar-refractivity contribution in [3.8, 4) is 5.75 Å². The first kappa shape index (κ1) is 17.8. The zero-order valence-corrected chi connectivity index (χ0v) is 14.0. The van der Waals surface area contributed by atoms with Crippen LogP contribution in [-0.2, 0) is 11.2 Å². The number of halogens is 2. The van der Waals surface area contributed by atoms with Crippen molar-refractivity contribution < 1.29 is 23.1 Å². The molecule has 0 unspecified atom stereocenters. The van der Waals surface area contributed by atoms with Crippen LogP contribution in [0.2, 0.25) is 0 Å². The molecule has 136 valence electrons. The summed E-state index contributed by atoms with van der Waals surface area (Å²) in [6, 6.07) is 13.3. The van der Waals surface area contributed by atoms with Gasteiger partial charge in [-0.1, -0.05) is 30.3 Å². The van der Waals surface area contributed by atoms with Crippen LogP contribution in [0, 0.1) is 0 Å². The van der Waals surface area contributed by atoms with E-state index in [1.54, 1.807) is 4.90 Å². The van der Waals surface area contributed by atoms with Crippen LogP contribution in [0.25, 0.3) is 0 Å². The second kappa shape index (κ2) is 7.95. The van der Waals surface area contributed by atoms with Gasteiger partial charge < -0.3 is 15.0 Å². The molecule has 2 aromatic carbocycles. The van der Waals surface area contributed by atoms with Crippen molar-refractivity contribution in [2.75, 3.05) is 18.0 Å². The van der Waals surface area contributed by atoms with Crippen LogP contribution in [0.4, 0.5) is 14.5 Å². The summed E-state index contributed by atoms with van der Waals surface area (Å²) in [5, 5.41) is 2.49. The molecule has 0 aliphatic carbocycles. The molecule has 0 atom stereocenters. The lowest BCUT2D eigenvalue weighted by Crippen LogP contribution is -2.42. The monoisotopic (exact) mass is 360 g/mol. The van der Waals surface area contributed by atoms with Gasteiger partial charge in [-0.3, -0.25) is 9.59 Å². The van der Waals surface area contributed by atoms with Gasteiger partial charge in [-0.25, -0.2) is 0 Å². The highest BCUT2D eigenvalue weighted by Gasteiger charge is 2.23. The smallest absolute Gasteiger partial charge is 0.387 e. The topological polar surface area (TPSA) is 58.6 Å². The lowest BCUT2D eigenvalue weighted by atomic mass is 10.0. The molecule has 0 bridgehead atoms. The average Bonchev–Trinajstić information content (AvgIpc) is 2.65. The third kappa shape index (κ3) is 3.99. The second-order valence-corrected chi connectivity index (χ2v) is 5.83. The number of carbonyl (C=O) groups excluding carboxylic acids is 2. The molecule has 0 radical (unpaired) electrons. The molecule has 2 aromatic rings. The third-order valence-electron chi connectivity index (χ3n) is 4.16. The van der Waals surface area contributed by atoms with Crippen molar-refractivity contribution in [3.63, 3.8) is 0 Å². The molecule has 0 saturated heterocycles. The number of aryl methyl sites for hydroxylation is 1. The molecule has 1 N–H and O–H groups in total. The first-order valence-corrected chi connectivity index (χ1v) is 8.26. The number of alkyl halides is 2. The quantitative estimate of drug-likeness (QED) is 0.892. The van der Waals surface area contributed by atoms with Gasteiger partial charge in [0.1, 0.15) is 5.75 Å². The third-order valence-corrected chi connectivity index (χ3v) is 4.16. The Hall–Kier alpha value is -2.96. The summed E-state index contributed by atoms with van der Waals surface area (Å²) in [6.45, 7) is -2.68. The zero-order chi connectivity index (χ0) is 18.5. The van der Waals surface area contributed by atoms with Crippen molar-refractivity contribution in [2.24, 2.45) is 0 Å². The number of hydrogen-bond donors (Lipinski definition) is 1. The second-order valence-electron chi connectivity index (χ2n) is 5.83. The van der Waals surface area contributed by atoms with Crippen molar-refractivity contribution in [2.45, 2.75) is 19.5 Å². The fourth-order valence-corrected chi connectivity index (χ4v) is 2.99. The van der Waals surface area contributed by atoms with Crippen LogP contribution in [0.3, 0.4) is 0 Å². The standard InChI is InChI=1S/C19H18F2N2O3/c20-19(21)26-16-10-4-2-8-14(16)18(25)22-12-17(24)23-11-5-7-13-6-1-3-9-15(13)23/h1-4,6,8-10,19H,5,7,11-12H2,(H,22,25). The van der Waals surface area contributed by atoms with E-state index in [4.69, 9.17) is 0 Å². The van der Waals surface area contributed by atoms with Crippen LogP contribution < -0.4 is 15.0 Å². The molecule has 5 nitrogen and oxygen atoms in total. The normalized spacial score (nSPS) is 13.3. The highest BCUT2D eigenvalue weighted by molar-refractivity contribution is 6.02. The minimum Gasteiger partial charge on any atom is -0.434 e. The number of anilines is 1. The molecule has 0 fully saturated rings. The number of para-hydroxylation sites is 2. The summed E-state index contributed by atoms with van der Waals surface area (Å²) in [6.07, 6.45) is 1.76. The van der Waals surface area contributed by atoms with Gasteiger partial charge in [0.25, 0.3) is 5.91 Å². The van der Waals surface area contributed by atoms with Gasteiger partial charge in [-0.2, -0.15) is 8.78 Å². The summed E-state index contributed by atoms with van der Waals surface area (Å²) in [5.41, 5.74) is 1.90. The number of ether oxygens (including phenoxy) is 1. The van der Waals surface area contributed by atoms with E-state index in [2.05, 4.69) is 10.1 Å². The maximum Gasteiger partial charge on any atom is 0.387 e. The van der Waals surface area contributed by atoms with Crippen molar-refractivity contribution in [1.82, 2.24) is 5.32 Å². The van der Waals surface area contributed by atoms with Gasteiger partial charge in [0.15, 0.2) is 0 Å². The SMILES string of the molecule is O=C(NCC(=O)N1CCCc2ccccc21)c1ccccc1OC(F)F. The summed E-state index contributed by atoms with van der Waals surface area (Å²) in [4.78, 5) is 26.4. The zero-order valence-electron chi connectivity index (χ0n) is 14.0. The summed E-state index contributed by atoms with van der Waals surface area (Å²) < 4.78 is 29.2. The van der Waals surface area contributed by atoms with Crippen molar-refractivity contribution in [3.05, 3.63) is 59.7 Å². The Bertz CT molecular complexity index is 811. The van der Waals surface area contributed by atoms with Gasteiger partial charge in [-0.15, -0.1) is 0 Å². The van der Waals surface area contributed by atoms with Crippen LogP contribution in [0.5, 0.6) is 5.75 Å². The number of nitrogens with zero attached hydrogens (tertiary/aromatic N) is 1.